The van der Waals surface area contributed by atoms with Crippen LogP contribution in [0.2, 0.25) is 0 Å². The molecule has 1 aromatic heterocycles. The largest absolute Gasteiger partial charge is 0.310 e. The van der Waals surface area contributed by atoms with Gasteiger partial charge in [-0.05, 0) is 42.5 Å². The molecule has 1 aliphatic carbocycles. The summed E-state index contributed by atoms with van der Waals surface area (Å²) < 4.78 is 0. The maximum Gasteiger partial charge on any atom is 0.0326 e. The van der Waals surface area contributed by atoms with Gasteiger partial charge in [0.15, 0.2) is 0 Å². The minimum Gasteiger partial charge on any atom is -0.310 e. The first-order valence-corrected chi connectivity index (χ1v) is 7.01. The number of pyridine rings is 1. The van der Waals surface area contributed by atoms with Gasteiger partial charge in [0.25, 0.3) is 0 Å². The standard InChI is InChI=1S/C15H24N2/c1-3-13-11-16-9-8-14(13)15(17-4-2)10-12-6-5-7-12/h8-9,11-12,15,17H,3-7,10H2,1-2H3. The lowest BCUT2D eigenvalue weighted by atomic mass is 9.79. The fourth-order valence-corrected chi connectivity index (χ4v) is 2.70. The van der Waals surface area contributed by atoms with Crippen molar-refractivity contribution >= 4 is 0 Å². The molecule has 2 nitrogen and oxygen atoms in total. The molecule has 0 aromatic carbocycles. The van der Waals surface area contributed by atoms with E-state index in [-0.39, 0.29) is 0 Å². The molecule has 0 spiro atoms. The van der Waals surface area contributed by atoms with E-state index >= 15 is 0 Å². The zero-order valence-corrected chi connectivity index (χ0v) is 11.1. The Balaban J connectivity index is 2.12. The molecule has 1 aliphatic rings. The van der Waals surface area contributed by atoms with E-state index in [1.165, 1.54) is 36.8 Å². The first-order valence-electron chi connectivity index (χ1n) is 7.01. The molecule has 1 atom stereocenters. The quantitative estimate of drug-likeness (QED) is 0.812. The zero-order chi connectivity index (χ0) is 12.1. The van der Waals surface area contributed by atoms with Crippen LogP contribution in [0, 0.1) is 5.92 Å². The van der Waals surface area contributed by atoms with Crippen molar-refractivity contribution < 1.29 is 0 Å². The number of nitrogens with zero attached hydrogens (tertiary/aromatic N) is 1. The highest BCUT2D eigenvalue weighted by atomic mass is 14.9. The van der Waals surface area contributed by atoms with Crippen LogP contribution in [0.5, 0.6) is 0 Å². The average Bonchev–Trinajstić information content (AvgIpc) is 2.32. The van der Waals surface area contributed by atoms with Crippen LogP contribution in [0.25, 0.3) is 0 Å². The lowest BCUT2D eigenvalue weighted by Crippen LogP contribution is -2.26. The van der Waals surface area contributed by atoms with E-state index in [1.54, 1.807) is 0 Å². The Labute approximate surface area is 105 Å². The van der Waals surface area contributed by atoms with E-state index in [2.05, 4.69) is 30.2 Å². The zero-order valence-electron chi connectivity index (χ0n) is 11.1. The Hall–Kier alpha value is -0.890. The minimum atomic E-state index is 0.531. The van der Waals surface area contributed by atoms with Crippen molar-refractivity contribution in [1.29, 1.82) is 0 Å². The molecule has 0 bridgehead atoms. The van der Waals surface area contributed by atoms with E-state index in [1.807, 2.05) is 12.4 Å². The summed E-state index contributed by atoms with van der Waals surface area (Å²) in [4.78, 5) is 4.24. The van der Waals surface area contributed by atoms with Crippen LogP contribution in [0.3, 0.4) is 0 Å². The van der Waals surface area contributed by atoms with Crippen molar-refractivity contribution in [3.05, 3.63) is 29.6 Å². The highest BCUT2D eigenvalue weighted by Gasteiger charge is 2.23. The van der Waals surface area contributed by atoms with Crippen LogP contribution in [0.15, 0.2) is 18.5 Å². The topological polar surface area (TPSA) is 24.9 Å². The molecule has 0 radical (unpaired) electrons. The normalized spacial score (nSPS) is 17.8. The molecule has 1 fully saturated rings. The van der Waals surface area contributed by atoms with Crippen LogP contribution in [0.1, 0.15) is 56.7 Å². The second kappa shape index (κ2) is 6.15. The molecule has 1 N–H and O–H groups in total. The van der Waals surface area contributed by atoms with Crippen LogP contribution in [-0.4, -0.2) is 11.5 Å². The lowest BCUT2D eigenvalue weighted by Gasteiger charge is -2.31. The molecule has 1 saturated carbocycles. The molecular formula is C15H24N2. The highest BCUT2D eigenvalue weighted by molar-refractivity contribution is 5.27. The van der Waals surface area contributed by atoms with Gasteiger partial charge in [-0.15, -0.1) is 0 Å². The molecule has 1 unspecified atom stereocenters. The van der Waals surface area contributed by atoms with Gasteiger partial charge in [-0.25, -0.2) is 0 Å². The third-order valence-electron chi connectivity index (χ3n) is 3.94. The fraction of sp³-hybridized carbons (Fsp3) is 0.667. The number of aromatic nitrogens is 1. The van der Waals surface area contributed by atoms with Crippen molar-refractivity contribution in [3.8, 4) is 0 Å². The van der Waals surface area contributed by atoms with Crippen molar-refractivity contribution in [2.24, 2.45) is 5.92 Å². The Bertz CT molecular complexity index is 345. The third-order valence-corrected chi connectivity index (χ3v) is 3.94. The number of rotatable bonds is 6. The van der Waals surface area contributed by atoms with Crippen molar-refractivity contribution in [2.75, 3.05) is 6.54 Å². The molecule has 1 aromatic rings. The SMILES string of the molecule is CCNC(CC1CCC1)c1ccncc1CC. The van der Waals surface area contributed by atoms with E-state index in [0.29, 0.717) is 6.04 Å². The highest BCUT2D eigenvalue weighted by Crippen LogP contribution is 2.35. The smallest absolute Gasteiger partial charge is 0.0326 e. The van der Waals surface area contributed by atoms with Gasteiger partial charge in [-0.1, -0.05) is 33.1 Å². The molecule has 94 valence electrons. The predicted octanol–water partition coefficient (Wildman–Crippen LogP) is 3.48. The summed E-state index contributed by atoms with van der Waals surface area (Å²) in [7, 11) is 0. The molecule has 1 heterocycles. The van der Waals surface area contributed by atoms with Crippen molar-refractivity contribution in [1.82, 2.24) is 10.3 Å². The number of nitrogens with one attached hydrogen (secondary N) is 1. The summed E-state index contributed by atoms with van der Waals surface area (Å²) in [5, 5.41) is 3.64. The Morgan fingerprint density at radius 1 is 1.41 bits per heavy atom. The monoisotopic (exact) mass is 232 g/mol. The van der Waals surface area contributed by atoms with Crippen LogP contribution in [-0.2, 0) is 6.42 Å². The maximum absolute atomic E-state index is 4.24. The summed E-state index contributed by atoms with van der Waals surface area (Å²) in [6, 6.07) is 2.73. The second-order valence-corrected chi connectivity index (χ2v) is 5.07. The van der Waals surface area contributed by atoms with Crippen LogP contribution >= 0.6 is 0 Å². The summed E-state index contributed by atoms with van der Waals surface area (Å²) in [6.45, 7) is 5.45. The van der Waals surface area contributed by atoms with Gasteiger partial charge < -0.3 is 5.32 Å². The van der Waals surface area contributed by atoms with Gasteiger partial charge in [0, 0.05) is 18.4 Å². The predicted molar refractivity (Wildman–Crippen MR) is 72.0 cm³/mol. The number of hydrogen-bond acceptors (Lipinski definition) is 2. The van der Waals surface area contributed by atoms with E-state index in [0.717, 1.165) is 18.9 Å². The number of aryl methyl sites for hydroxylation is 1. The molecule has 2 rings (SSSR count). The summed E-state index contributed by atoms with van der Waals surface area (Å²) >= 11 is 0. The average molecular weight is 232 g/mol. The lowest BCUT2D eigenvalue weighted by molar-refractivity contribution is 0.262. The van der Waals surface area contributed by atoms with E-state index < -0.39 is 0 Å². The first-order chi connectivity index (χ1) is 8.35. The minimum absolute atomic E-state index is 0.531. The van der Waals surface area contributed by atoms with E-state index in [4.69, 9.17) is 0 Å². The van der Waals surface area contributed by atoms with Gasteiger partial charge in [-0.3, -0.25) is 4.98 Å². The van der Waals surface area contributed by atoms with Gasteiger partial charge >= 0.3 is 0 Å². The fourth-order valence-electron chi connectivity index (χ4n) is 2.70. The molecule has 0 saturated heterocycles. The van der Waals surface area contributed by atoms with Crippen molar-refractivity contribution in [3.63, 3.8) is 0 Å². The van der Waals surface area contributed by atoms with Gasteiger partial charge in [0.1, 0.15) is 0 Å². The summed E-state index contributed by atoms with van der Waals surface area (Å²) in [5.74, 6) is 0.942. The Morgan fingerprint density at radius 3 is 2.82 bits per heavy atom. The van der Waals surface area contributed by atoms with E-state index in [9.17, 15) is 0 Å². The third kappa shape index (κ3) is 3.06. The Kier molecular flexibility index (Phi) is 4.55. The molecule has 2 heteroatoms. The van der Waals surface area contributed by atoms with Gasteiger partial charge in [0.2, 0.25) is 0 Å². The second-order valence-electron chi connectivity index (χ2n) is 5.07. The van der Waals surface area contributed by atoms with Gasteiger partial charge in [-0.2, -0.15) is 0 Å². The maximum atomic E-state index is 4.24. The van der Waals surface area contributed by atoms with Gasteiger partial charge in [0.05, 0.1) is 0 Å². The number of hydrogen-bond donors (Lipinski definition) is 1. The molecule has 0 aliphatic heterocycles. The molecule has 0 amide bonds. The first kappa shape index (κ1) is 12.6. The van der Waals surface area contributed by atoms with Crippen LogP contribution in [0.4, 0.5) is 0 Å². The van der Waals surface area contributed by atoms with Crippen LogP contribution < -0.4 is 5.32 Å². The molecular weight excluding hydrogens is 208 g/mol. The summed E-state index contributed by atoms with van der Waals surface area (Å²) in [5.41, 5.74) is 2.87. The van der Waals surface area contributed by atoms with Crippen molar-refractivity contribution in [2.45, 2.75) is 52.0 Å². The summed E-state index contributed by atoms with van der Waals surface area (Å²) in [6.07, 6.45) is 10.6. The Morgan fingerprint density at radius 2 is 2.24 bits per heavy atom. The molecule has 17 heavy (non-hydrogen) atoms.